The largest absolute Gasteiger partial charge is 0.321 e. The van der Waals surface area contributed by atoms with E-state index in [9.17, 15) is 9.18 Å². The van der Waals surface area contributed by atoms with Gasteiger partial charge in [-0.3, -0.25) is 14.2 Å². The molecule has 2 heterocycles. The second kappa shape index (κ2) is 7.11. The number of aryl methyl sites for hydroxylation is 3. The summed E-state index contributed by atoms with van der Waals surface area (Å²) < 4.78 is 17.3. The number of anilines is 1. The lowest BCUT2D eigenvalue weighted by Crippen LogP contribution is -2.21. The van der Waals surface area contributed by atoms with Gasteiger partial charge in [0.15, 0.2) is 0 Å². The molecule has 0 radical (unpaired) electrons. The molecular formula is C19H22FN5O. The van der Waals surface area contributed by atoms with Gasteiger partial charge in [0.05, 0.1) is 29.3 Å². The van der Waals surface area contributed by atoms with Crippen LogP contribution in [0.4, 0.5) is 10.1 Å². The minimum atomic E-state index is -0.268. The lowest BCUT2D eigenvalue weighted by Gasteiger charge is -2.09. The first-order valence-electron chi connectivity index (χ1n) is 8.43. The Labute approximate surface area is 151 Å². The van der Waals surface area contributed by atoms with Crippen molar-refractivity contribution in [3.8, 4) is 0 Å². The maximum absolute atomic E-state index is 13.9. The van der Waals surface area contributed by atoms with Crippen molar-refractivity contribution in [1.29, 1.82) is 0 Å². The third-order valence-corrected chi connectivity index (χ3v) is 4.32. The van der Waals surface area contributed by atoms with Gasteiger partial charge in [-0.05, 0) is 39.8 Å². The molecule has 0 saturated carbocycles. The number of halogens is 1. The SMILES string of the molecule is Cc1cc(C)n(CC(=O)Nc2c(C)nn(Cc3ccccc3F)c2C)n1. The van der Waals surface area contributed by atoms with E-state index in [4.69, 9.17) is 0 Å². The molecule has 3 rings (SSSR count). The van der Waals surface area contributed by atoms with Crippen molar-refractivity contribution in [2.45, 2.75) is 40.8 Å². The molecule has 0 aliphatic carbocycles. The number of aromatic nitrogens is 4. The molecule has 1 N–H and O–H groups in total. The summed E-state index contributed by atoms with van der Waals surface area (Å²) in [5, 5.41) is 11.6. The van der Waals surface area contributed by atoms with E-state index in [1.165, 1.54) is 6.07 Å². The van der Waals surface area contributed by atoms with E-state index in [0.29, 0.717) is 23.5 Å². The summed E-state index contributed by atoms with van der Waals surface area (Å²) in [6.07, 6.45) is 0. The molecule has 1 amide bonds. The molecule has 6 nitrogen and oxygen atoms in total. The molecule has 3 aromatic rings. The Morgan fingerprint density at radius 2 is 1.85 bits per heavy atom. The van der Waals surface area contributed by atoms with E-state index in [1.807, 2.05) is 33.8 Å². The smallest absolute Gasteiger partial charge is 0.246 e. The Morgan fingerprint density at radius 3 is 2.50 bits per heavy atom. The van der Waals surface area contributed by atoms with Gasteiger partial charge in [-0.2, -0.15) is 10.2 Å². The summed E-state index contributed by atoms with van der Waals surface area (Å²) in [4.78, 5) is 12.4. The van der Waals surface area contributed by atoms with Crippen LogP contribution in [0.15, 0.2) is 30.3 Å². The van der Waals surface area contributed by atoms with Crippen molar-refractivity contribution in [1.82, 2.24) is 19.6 Å². The van der Waals surface area contributed by atoms with Crippen LogP contribution in [0, 0.1) is 33.5 Å². The van der Waals surface area contributed by atoms with E-state index in [0.717, 1.165) is 17.1 Å². The van der Waals surface area contributed by atoms with Crippen LogP contribution < -0.4 is 5.32 Å². The van der Waals surface area contributed by atoms with Gasteiger partial charge in [0.1, 0.15) is 12.4 Å². The topological polar surface area (TPSA) is 64.7 Å². The first-order valence-corrected chi connectivity index (χ1v) is 8.43. The molecule has 7 heteroatoms. The number of hydrogen-bond acceptors (Lipinski definition) is 3. The standard InChI is InChI=1S/C19H22FN5O/c1-12-9-13(2)24(22-12)11-18(26)21-19-14(3)23-25(15(19)4)10-16-7-5-6-8-17(16)20/h5-9H,10-11H2,1-4H3,(H,21,26). The van der Waals surface area contributed by atoms with Crippen molar-refractivity contribution < 1.29 is 9.18 Å². The van der Waals surface area contributed by atoms with E-state index in [-0.39, 0.29) is 18.3 Å². The molecule has 26 heavy (non-hydrogen) atoms. The Bertz CT molecular complexity index is 957. The third-order valence-electron chi connectivity index (χ3n) is 4.32. The van der Waals surface area contributed by atoms with Crippen LogP contribution in [0.2, 0.25) is 0 Å². The van der Waals surface area contributed by atoms with Gasteiger partial charge < -0.3 is 5.32 Å². The van der Waals surface area contributed by atoms with Crippen LogP contribution in [-0.4, -0.2) is 25.5 Å². The monoisotopic (exact) mass is 355 g/mol. The lowest BCUT2D eigenvalue weighted by molar-refractivity contribution is -0.116. The fraction of sp³-hybridized carbons (Fsp3) is 0.316. The minimum absolute atomic E-state index is 0.136. The first-order chi connectivity index (χ1) is 12.3. The van der Waals surface area contributed by atoms with Crippen molar-refractivity contribution in [2.75, 3.05) is 5.32 Å². The average molecular weight is 355 g/mol. The molecule has 1 aromatic carbocycles. The number of nitrogens with one attached hydrogen (secondary N) is 1. The quantitative estimate of drug-likeness (QED) is 0.765. The van der Waals surface area contributed by atoms with Crippen LogP contribution in [-0.2, 0) is 17.9 Å². The van der Waals surface area contributed by atoms with Gasteiger partial charge >= 0.3 is 0 Å². The Morgan fingerprint density at radius 1 is 1.12 bits per heavy atom. The van der Waals surface area contributed by atoms with E-state index in [1.54, 1.807) is 27.6 Å². The second-order valence-corrected chi connectivity index (χ2v) is 6.43. The summed E-state index contributed by atoms with van der Waals surface area (Å²) in [6.45, 7) is 7.94. The number of amides is 1. The maximum Gasteiger partial charge on any atom is 0.246 e. The van der Waals surface area contributed by atoms with Gasteiger partial charge in [-0.15, -0.1) is 0 Å². The van der Waals surface area contributed by atoms with Crippen molar-refractivity contribution in [2.24, 2.45) is 0 Å². The van der Waals surface area contributed by atoms with Crippen LogP contribution >= 0.6 is 0 Å². The summed E-state index contributed by atoms with van der Waals surface area (Å²) in [5.41, 5.74) is 4.50. The van der Waals surface area contributed by atoms with Crippen LogP contribution in [0.5, 0.6) is 0 Å². The van der Waals surface area contributed by atoms with Gasteiger partial charge in [0.2, 0.25) is 5.91 Å². The van der Waals surface area contributed by atoms with Crippen LogP contribution in [0.1, 0.15) is 28.3 Å². The number of carbonyl (C=O) groups excluding carboxylic acids is 1. The fourth-order valence-corrected chi connectivity index (χ4v) is 2.97. The zero-order valence-corrected chi connectivity index (χ0v) is 15.4. The normalized spacial score (nSPS) is 11.0. The lowest BCUT2D eigenvalue weighted by atomic mass is 10.2. The van der Waals surface area contributed by atoms with Crippen molar-refractivity contribution >= 4 is 11.6 Å². The number of rotatable bonds is 5. The predicted octanol–water partition coefficient (Wildman–Crippen LogP) is 3.14. The molecule has 0 aliphatic rings. The number of benzene rings is 1. The highest BCUT2D eigenvalue weighted by Gasteiger charge is 2.16. The highest BCUT2D eigenvalue weighted by Crippen LogP contribution is 2.21. The third kappa shape index (κ3) is 3.66. The van der Waals surface area contributed by atoms with Crippen molar-refractivity contribution in [3.63, 3.8) is 0 Å². The highest BCUT2D eigenvalue weighted by molar-refractivity contribution is 5.91. The number of nitrogens with zero attached hydrogens (tertiary/aromatic N) is 4. The second-order valence-electron chi connectivity index (χ2n) is 6.43. The molecule has 136 valence electrons. The maximum atomic E-state index is 13.9. The molecule has 0 spiro atoms. The molecule has 0 aliphatic heterocycles. The van der Waals surface area contributed by atoms with Crippen LogP contribution in [0.3, 0.4) is 0 Å². The van der Waals surface area contributed by atoms with E-state index < -0.39 is 0 Å². The van der Waals surface area contributed by atoms with Gasteiger partial charge in [-0.25, -0.2) is 4.39 Å². The predicted molar refractivity (Wildman–Crippen MR) is 97.5 cm³/mol. The van der Waals surface area contributed by atoms with Crippen LogP contribution in [0.25, 0.3) is 0 Å². The molecule has 0 atom stereocenters. The van der Waals surface area contributed by atoms with Gasteiger partial charge in [0.25, 0.3) is 0 Å². The first kappa shape index (κ1) is 17.8. The van der Waals surface area contributed by atoms with E-state index >= 15 is 0 Å². The highest BCUT2D eigenvalue weighted by atomic mass is 19.1. The Kier molecular flexibility index (Phi) is 4.88. The van der Waals surface area contributed by atoms with E-state index in [2.05, 4.69) is 15.5 Å². The molecule has 0 saturated heterocycles. The number of carbonyl (C=O) groups is 1. The molecule has 0 bridgehead atoms. The average Bonchev–Trinajstić information content (AvgIpc) is 3.02. The van der Waals surface area contributed by atoms with Gasteiger partial charge in [-0.1, -0.05) is 18.2 Å². The summed E-state index contributed by atoms with van der Waals surface area (Å²) in [5.74, 6) is -0.442. The van der Waals surface area contributed by atoms with Crippen molar-refractivity contribution in [3.05, 3.63) is 64.5 Å². The molecule has 0 unspecified atom stereocenters. The fourth-order valence-electron chi connectivity index (χ4n) is 2.97. The Hall–Kier alpha value is -2.96. The molecule has 2 aromatic heterocycles. The Balaban J connectivity index is 1.76. The zero-order valence-electron chi connectivity index (χ0n) is 15.4. The summed E-state index contributed by atoms with van der Waals surface area (Å²) in [6, 6.07) is 8.53. The summed E-state index contributed by atoms with van der Waals surface area (Å²) in [7, 11) is 0. The molecular weight excluding hydrogens is 333 g/mol. The number of hydrogen-bond donors (Lipinski definition) is 1. The minimum Gasteiger partial charge on any atom is -0.321 e. The zero-order chi connectivity index (χ0) is 18.8. The van der Waals surface area contributed by atoms with Gasteiger partial charge in [0, 0.05) is 11.3 Å². The molecule has 0 fully saturated rings. The summed E-state index contributed by atoms with van der Waals surface area (Å²) >= 11 is 0.